The van der Waals surface area contributed by atoms with Crippen LogP contribution in [-0.2, 0) is 0 Å². The molecule has 0 aliphatic heterocycles. The zero-order valence-corrected chi connectivity index (χ0v) is 7.87. The zero-order valence-electron chi connectivity index (χ0n) is 7.11. The van der Waals surface area contributed by atoms with E-state index in [4.69, 9.17) is 11.6 Å². The fourth-order valence-corrected chi connectivity index (χ4v) is 1.78. The standard InChI is InChI=1S/C10H10ClN/c1-6-5-9(11)10-8(7(6)2)3-4-12-10/h3-5,12H,1-2H3. The van der Waals surface area contributed by atoms with Crippen molar-refractivity contribution in [2.24, 2.45) is 0 Å². The summed E-state index contributed by atoms with van der Waals surface area (Å²) in [5.41, 5.74) is 3.59. The molecule has 62 valence electrons. The molecule has 0 atom stereocenters. The minimum atomic E-state index is 0.804. The molecule has 1 N–H and O–H groups in total. The molecule has 0 aliphatic rings. The summed E-state index contributed by atoms with van der Waals surface area (Å²) in [6, 6.07) is 4.05. The summed E-state index contributed by atoms with van der Waals surface area (Å²) >= 11 is 6.04. The monoisotopic (exact) mass is 179 g/mol. The van der Waals surface area contributed by atoms with Crippen molar-refractivity contribution in [2.45, 2.75) is 13.8 Å². The molecule has 0 saturated carbocycles. The largest absolute Gasteiger partial charge is 0.360 e. The molecule has 2 rings (SSSR count). The van der Waals surface area contributed by atoms with Gasteiger partial charge in [-0.3, -0.25) is 0 Å². The van der Waals surface area contributed by atoms with Crippen LogP contribution in [0.15, 0.2) is 18.3 Å². The Morgan fingerprint density at radius 2 is 2.08 bits per heavy atom. The fraction of sp³-hybridized carbons (Fsp3) is 0.200. The van der Waals surface area contributed by atoms with Gasteiger partial charge < -0.3 is 4.98 Å². The number of nitrogens with one attached hydrogen (secondary N) is 1. The molecular weight excluding hydrogens is 170 g/mol. The lowest BCUT2D eigenvalue weighted by Crippen LogP contribution is -1.82. The first-order valence-corrected chi connectivity index (χ1v) is 4.30. The van der Waals surface area contributed by atoms with Gasteiger partial charge in [0.25, 0.3) is 0 Å². The fourth-order valence-electron chi connectivity index (χ4n) is 1.46. The number of fused-ring (bicyclic) bond motifs is 1. The number of aryl methyl sites for hydroxylation is 2. The summed E-state index contributed by atoms with van der Waals surface area (Å²) in [5.74, 6) is 0. The Bertz CT molecular complexity index is 429. The molecule has 2 heteroatoms. The number of hydrogen-bond donors (Lipinski definition) is 1. The molecule has 1 aromatic heterocycles. The third-order valence-corrected chi connectivity index (χ3v) is 2.62. The highest BCUT2D eigenvalue weighted by Gasteiger charge is 2.04. The summed E-state index contributed by atoms with van der Waals surface area (Å²) in [6.45, 7) is 4.19. The molecule has 0 fully saturated rings. The molecule has 1 aromatic carbocycles. The second kappa shape index (κ2) is 2.53. The number of halogens is 1. The van der Waals surface area contributed by atoms with E-state index in [9.17, 15) is 0 Å². The second-order valence-electron chi connectivity index (χ2n) is 3.07. The second-order valence-corrected chi connectivity index (χ2v) is 3.47. The Hall–Kier alpha value is -0.950. The maximum Gasteiger partial charge on any atom is 0.0649 e. The highest BCUT2D eigenvalue weighted by atomic mass is 35.5. The quantitative estimate of drug-likeness (QED) is 0.638. The third kappa shape index (κ3) is 0.935. The number of hydrogen-bond acceptors (Lipinski definition) is 0. The number of aromatic nitrogens is 1. The summed E-state index contributed by atoms with van der Waals surface area (Å²) in [7, 11) is 0. The van der Waals surface area contributed by atoms with E-state index in [-0.39, 0.29) is 0 Å². The Balaban J connectivity index is 2.97. The molecule has 2 aromatic rings. The van der Waals surface area contributed by atoms with Crippen LogP contribution in [0.2, 0.25) is 5.02 Å². The van der Waals surface area contributed by atoms with Crippen molar-refractivity contribution in [3.63, 3.8) is 0 Å². The molecule has 0 unspecified atom stereocenters. The van der Waals surface area contributed by atoms with Crippen LogP contribution in [0, 0.1) is 13.8 Å². The topological polar surface area (TPSA) is 15.8 Å². The number of aromatic amines is 1. The lowest BCUT2D eigenvalue weighted by atomic mass is 10.1. The van der Waals surface area contributed by atoms with Gasteiger partial charge in [-0.1, -0.05) is 11.6 Å². The predicted molar refractivity (Wildman–Crippen MR) is 52.8 cm³/mol. The van der Waals surface area contributed by atoms with Crippen molar-refractivity contribution in [1.82, 2.24) is 4.98 Å². The minimum Gasteiger partial charge on any atom is -0.360 e. The predicted octanol–water partition coefficient (Wildman–Crippen LogP) is 3.44. The van der Waals surface area contributed by atoms with Crippen LogP contribution in [0.1, 0.15) is 11.1 Å². The average molecular weight is 180 g/mol. The van der Waals surface area contributed by atoms with Crippen LogP contribution in [0.4, 0.5) is 0 Å². The Labute approximate surface area is 76.4 Å². The van der Waals surface area contributed by atoms with Crippen LogP contribution in [0.3, 0.4) is 0 Å². The Morgan fingerprint density at radius 1 is 1.33 bits per heavy atom. The number of rotatable bonds is 0. The first-order chi connectivity index (χ1) is 5.70. The van der Waals surface area contributed by atoms with Gasteiger partial charge in [-0.25, -0.2) is 0 Å². The molecule has 0 amide bonds. The van der Waals surface area contributed by atoms with E-state index >= 15 is 0 Å². The lowest BCUT2D eigenvalue weighted by Gasteiger charge is -2.02. The van der Waals surface area contributed by atoms with Crippen LogP contribution in [0.5, 0.6) is 0 Å². The Morgan fingerprint density at radius 3 is 2.83 bits per heavy atom. The first kappa shape index (κ1) is 7.69. The van der Waals surface area contributed by atoms with E-state index in [2.05, 4.69) is 24.9 Å². The van der Waals surface area contributed by atoms with Gasteiger partial charge in [0.15, 0.2) is 0 Å². The van der Waals surface area contributed by atoms with E-state index in [0.29, 0.717) is 0 Å². The van der Waals surface area contributed by atoms with Gasteiger partial charge in [-0.15, -0.1) is 0 Å². The maximum atomic E-state index is 6.04. The van der Waals surface area contributed by atoms with Gasteiger partial charge in [0.2, 0.25) is 0 Å². The van der Waals surface area contributed by atoms with E-state index in [1.807, 2.05) is 12.3 Å². The van der Waals surface area contributed by atoms with Crippen molar-refractivity contribution in [3.8, 4) is 0 Å². The smallest absolute Gasteiger partial charge is 0.0649 e. The summed E-state index contributed by atoms with van der Waals surface area (Å²) in [5, 5.41) is 2.03. The van der Waals surface area contributed by atoms with Crippen molar-refractivity contribution in [3.05, 3.63) is 34.5 Å². The van der Waals surface area contributed by atoms with E-state index in [1.54, 1.807) is 0 Å². The van der Waals surface area contributed by atoms with E-state index in [1.165, 1.54) is 16.5 Å². The molecule has 0 radical (unpaired) electrons. The van der Waals surface area contributed by atoms with Crippen molar-refractivity contribution in [1.29, 1.82) is 0 Å². The summed E-state index contributed by atoms with van der Waals surface area (Å²) in [6.07, 6.45) is 1.92. The van der Waals surface area contributed by atoms with Crippen LogP contribution in [0.25, 0.3) is 10.9 Å². The Kier molecular flexibility index (Phi) is 1.62. The van der Waals surface area contributed by atoms with Crippen molar-refractivity contribution in [2.75, 3.05) is 0 Å². The zero-order chi connectivity index (χ0) is 8.72. The lowest BCUT2D eigenvalue weighted by molar-refractivity contribution is 1.37. The molecule has 1 nitrogen and oxygen atoms in total. The van der Waals surface area contributed by atoms with Crippen molar-refractivity contribution < 1.29 is 0 Å². The first-order valence-electron chi connectivity index (χ1n) is 3.93. The van der Waals surface area contributed by atoms with Gasteiger partial charge in [0.1, 0.15) is 0 Å². The van der Waals surface area contributed by atoms with Crippen LogP contribution in [-0.4, -0.2) is 4.98 Å². The van der Waals surface area contributed by atoms with Gasteiger partial charge in [-0.05, 0) is 37.1 Å². The molecule has 0 saturated heterocycles. The van der Waals surface area contributed by atoms with Gasteiger partial charge in [0.05, 0.1) is 10.5 Å². The highest BCUT2D eigenvalue weighted by Crippen LogP contribution is 2.27. The van der Waals surface area contributed by atoms with E-state index in [0.717, 1.165) is 10.5 Å². The van der Waals surface area contributed by atoms with Crippen molar-refractivity contribution >= 4 is 22.5 Å². The summed E-state index contributed by atoms with van der Waals surface area (Å²) in [4.78, 5) is 3.12. The minimum absolute atomic E-state index is 0.804. The SMILES string of the molecule is Cc1cc(Cl)c2[nH]ccc2c1C. The maximum absolute atomic E-state index is 6.04. The average Bonchev–Trinajstić information content (AvgIpc) is 2.48. The number of benzene rings is 1. The van der Waals surface area contributed by atoms with E-state index < -0.39 is 0 Å². The molecular formula is C10H10ClN. The van der Waals surface area contributed by atoms with Gasteiger partial charge >= 0.3 is 0 Å². The molecule has 0 spiro atoms. The van der Waals surface area contributed by atoms with Crippen LogP contribution >= 0.6 is 11.6 Å². The molecule has 0 bridgehead atoms. The third-order valence-electron chi connectivity index (χ3n) is 2.32. The van der Waals surface area contributed by atoms with Crippen LogP contribution < -0.4 is 0 Å². The van der Waals surface area contributed by atoms with Gasteiger partial charge in [-0.2, -0.15) is 0 Å². The van der Waals surface area contributed by atoms with Gasteiger partial charge in [0, 0.05) is 11.6 Å². The highest BCUT2D eigenvalue weighted by molar-refractivity contribution is 6.35. The molecule has 1 heterocycles. The molecule has 0 aliphatic carbocycles. The molecule has 12 heavy (non-hydrogen) atoms. The normalized spacial score (nSPS) is 10.9. The summed E-state index contributed by atoms with van der Waals surface area (Å²) < 4.78 is 0. The number of H-pyrrole nitrogens is 1.